The Morgan fingerprint density at radius 2 is 2.10 bits per heavy atom. The molecule has 2 N–H and O–H groups in total. The first-order valence-electron chi connectivity index (χ1n) is 6.86. The second-order valence-corrected chi connectivity index (χ2v) is 4.78. The molecule has 1 amide bonds. The van der Waals surface area contributed by atoms with E-state index < -0.39 is 0 Å². The van der Waals surface area contributed by atoms with Crippen LogP contribution in [0.2, 0.25) is 0 Å². The first kappa shape index (κ1) is 15.0. The highest BCUT2D eigenvalue weighted by atomic mass is 16.1. The first-order chi connectivity index (χ1) is 10.0. The molecule has 0 radical (unpaired) electrons. The number of hydrogen-bond acceptors (Lipinski definition) is 5. The molecule has 7 nitrogen and oxygen atoms in total. The minimum absolute atomic E-state index is 0.245. The van der Waals surface area contributed by atoms with E-state index in [9.17, 15) is 4.79 Å². The molecule has 0 unspecified atom stereocenters. The Hall–Kier alpha value is -2.44. The van der Waals surface area contributed by atoms with Crippen molar-refractivity contribution in [3.05, 3.63) is 35.0 Å². The van der Waals surface area contributed by atoms with Crippen LogP contribution in [0.5, 0.6) is 0 Å². The van der Waals surface area contributed by atoms with Crippen LogP contribution in [0.1, 0.15) is 34.4 Å². The van der Waals surface area contributed by atoms with E-state index >= 15 is 0 Å². The maximum atomic E-state index is 12.1. The molecule has 0 fully saturated rings. The summed E-state index contributed by atoms with van der Waals surface area (Å²) in [4.78, 5) is 20.4. The van der Waals surface area contributed by atoms with Gasteiger partial charge in [-0.15, -0.1) is 0 Å². The van der Waals surface area contributed by atoms with E-state index in [1.807, 2.05) is 32.5 Å². The number of nitrogens with zero attached hydrogens (tertiary/aromatic N) is 4. The van der Waals surface area contributed by atoms with Crippen LogP contribution >= 0.6 is 0 Å². The van der Waals surface area contributed by atoms with Crippen molar-refractivity contribution in [2.75, 3.05) is 11.9 Å². The van der Waals surface area contributed by atoms with Crippen molar-refractivity contribution in [1.29, 1.82) is 0 Å². The molecule has 0 spiro atoms. The average Bonchev–Trinajstić information content (AvgIpc) is 2.70. The van der Waals surface area contributed by atoms with Crippen LogP contribution in [0, 0.1) is 13.8 Å². The third-order valence-electron chi connectivity index (χ3n) is 3.31. The molecule has 2 aromatic rings. The minimum atomic E-state index is -0.245. The van der Waals surface area contributed by atoms with E-state index in [4.69, 9.17) is 0 Å². The quantitative estimate of drug-likeness (QED) is 0.863. The molecule has 2 aromatic heterocycles. The number of nitrogens with one attached hydrogen (secondary N) is 2. The summed E-state index contributed by atoms with van der Waals surface area (Å²) < 4.78 is 1.81. The molecule has 0 aromatic carbocycles. The van der Waals surface area contributed by atoms with Gasteiger partial charge < -0.3 is 10.6 Å². The normalized spacial score (nSPS) is 10.5. The van der Waals surface area contributed by atoms with E-state index in [0.29, 0.717) is 18.1 Å². The highest BCUT2D eigenvalue weighted by Crippen LogP contribution is 2.11. The zero-order valence-corrected chi connectivity index (χ0v) is 12.8. The van der Waals surface area contributed by atoms with Crippen molar-refractivity contribution in [3.8, 4) is 0 Å². The molecule has 2 rings (SSSR count). The van der Waals surface area contributed by atoms with Gasteiger partial charge in [-0.05, 0) is 20.8 Å². The highest BCUT2D eigenvalue weighted by Gasteiger charge is 2.13. The lowest BCUT2D eigenvalue weighted by molar-refractivity contribution is 0.0945. The van der Waals surface area contributed by atoms with Gasteiger partial charge in [0.15, 0.2) is 0 Å². The van der Waals surface area contributed by atoms with E-state index in [1.165, 1.54) is 6.20 Å². The Morgan fingerprint density at radius 3 is 2.71 bits per heavy atom. The van der Waals surface area contributed by atoms with Crippen molar-refractivity contribution >= 4 is 11.7 Å². The maximum Gasteiger partial charge on any atom is 0.271 e. The molecular weight excluding hydrogens is 268 g/mol. The van der Waals surface area contributed by atoms with Crippen molar-refractivity contribution < 1.29 is 4.79 Å². The fraction of sp³-hybridized carbons (Fsp3) is 0.429. The summed E-state index contributed by atoms with van der Waals surface area (Å²) in [5.74, 6) is 0.351. The summed E-state index contributed by atoms with van der Waals surface area (Å²) in [6.45, 7) is 7.03. The monoisotopic (exact) mass is 288 g/mol. The molecule has 0 saturated carbocycles. The minimum Gasteiger partial charge on any atom is -0.369 e. The van der Waals surface area contributed by atoms with Gasteiger partial charge >= 0.3 is 0 Å². The SMILES string of the molecule is CCNc1cncc(C(=O)NCc2c(C)nn(C)c2C)n1. The van der Waals surface area contributed by atoms with Crippen molar-refractivity contribution in [2.45, 2.75) is 27.3 Å². The molecule has 0 saturated heterocycles. The fourth-order valence-electron chi connectivity index (χ4n) is 2.07. The Bertz CT molecular complexity index is 649. The van der Waals surface area contributed by atoms with Crippen LogP contribution in [0.25, 0.3) is 0 Å². The zero-order chi connectivity index (χ0) is 15.4. The fourth-order valence-corrected chi connectivity index (χ4v) is 2.07. The summed E-state index contributed by atoms with van der Waals surface area (Å²) in [6.07, 6.45) is 3.05. The number of carbonyl (C=O) groups is 1. The Balaban J connectivity index is 2.06. The lowest BCUT2D eigenvalue weighted by Gasteiger charge is -2.07. The molecular formula is C14H20N6O. The molecule has 112 valence electrons. The van der Waals surface area contributed by atoms with E-state index in [1.54, 1.807) is 6.20 Å². The van der Waals surface area contributed by atoms with Crippen LogP contribution < -0.4 is 10.6 Å². The molecule has 0 aliphatic heterocycles. The van der Waals surface area contributed by atoms with Gasteiger partial charge in [-0.3, -0.25) is 14.5 Å². The van der Waals surface area contributed by atoms with Crippen molar-refractivity contribution in [1.82, 2.24) is 25.1 Å². The third kappa shape index (κ3) is 3.36. The van der Waals surface area contributed by atoms with E-state index in [0.717, 1.165) is 23.5 Å². The average molecular weight is 288 g/mol. The van der Waals surface area contributed by atoms with Crippen molar-refractivity contribution in [2.24, 2.45) is 7.05 Å². The number of rotatable bonds is 5. The van der Waals surface area contributed by atoms with E-state index in [-0.39, 0.29) is 5.91 Å². The summed E-state index contributed by atoms with van der Waals surface area (Å²) in [5, 5.41) is 10.2. The topological polar surface area (TPSA) is 84.7 Å². The number of carbonyl (C=O) groups excluding carboxylic acids is 1. The summed E-state index contributed by atoms with van der Waals surface area (Å²) in [6, 6.07) is 0. The van der Waals surface area contributed by atoms with Gasteiger partial charge in [0.2, 0.25) is 0 Å². The lowest BCUT2D eigenvalue weighted by atomic mass is 10.2. The van der Waals surface area contributed by atoms with Crippen molar-refractivity contribution in [3.63, 3.8) is 0 Å². The Morgan fingerprint density at radius 1 is 1.33 bits per heavy atom. The lowest BCUT2D eigenvalue weighted by Crippen LogP contribution is -2.25. The smallest absolute Gasteiger partial charge is 0.271 e. The number of amides is 1. The van der Waals surface area contributed by atoms with Gasteiger partial charge in [0, 0.05) is 31.4 Å². The second-order valence-electron chi connectivity index (χ2n) is 4.78. The van der Waals surface area contributed by atoms with Gasteiger partial charge in [-0.1, -0.05) is 0 Å². The number of aryl methyl sites for hydroxylation is 2. The zero-order valence-electron chi connectivity index (χ0n) is 12.8. The molecule has 0 bridgehead atoms. The van der Waals surface area contributed by atoms with Crippen LogP contribution in [0.4, 0.5) is 5.82 Å². The second kappa shape index (κ2) is 6.34. The molecule has 0 atom stereocenters. The predicted molar refractivity (Wildman–Crippen MR) is 80.0 cm³/mol. The number of hydrogen-bond donors (Lipinski definition) is 2. The van der Waals surface area contributed by atoms with Gasteiger partial charge in [-0.2, -0.15) is 5.10 Å². The van der Waals surface area contributed by atoms with Gasteiger partial charge in [0.1, 0.15) is 11.5 Å². The van der Waals surface area contributed by atoms with Crippen LogP contribution in [-0.2, 0) is 13.6 Å². The highest BCUT2D eigenvalue weighted by molar-refractivity contribution is 5.92. The first-order valence-corrected chi connectivity index (χ1v) is 6.86. The standard InChI is InChI=1S/C14H20N6O/c1-5-16-13-8-15-7-12(18-13)14(21)17-6-11-9(2)19-20(4)10(11)3/h7-8H,5-6H2,1-4H3,(H,16,18)(H,17,21). The van der Waals surface area contributed by atoms with Crippen LogP contribution in [0.15, 0.2) is 12.4 Å². The third-order valence-corrected chi connectivity index (χ3v) is 3.31. The molecule has 2 heterocycles. The van der Waals surface area contributed by atoms with E-state index in [2.05, 4.69) is 25.7 Å². The number of anilines is 1. The van der Waals surface area contributed by atoms with Gasteiger partial charge in [-0.25, -0.2) is 4.98 Å². The maximum absolute atomic E-state index is 12.1. The summed E-state index contributed by atoms with van der Waals surface area (Å²) in [5.41, 5.74) is 3.29. The largest absolute Gasteiger partial charge is 0.369 e. The predicted octanol–water partition coefficient (Wildman–Crippen LogP) is 1.19. The van der Waals surface area contributed by atoms with Gasteiger partial charge in [0.25, 0.3) is 5.91 Å². The molecule has 7 heteroatoms. The Kier molecular flexibility index (Phi) is 4.52. The summed E-state index contributed by atoms with van der Waals surface area (Å²) in [7, 11) is 1.89. The summed E-state index contributed by atoms with van der Waals surface area (Å²) >= 11 is 0. The molecule has 21 heavy (non-hydrogen) atoms. The molecule has 0 aliphatic carbocycles. The molecule has 0 aliphatic rings. The van der Waals surface area contributed by atoms with Crippen LogP contribution in [0.3, 0.4) is 0 Å². The Labute approximate surface area is 123 Å². The number of aromatic nitrogens is 4. The van der Waals surface area contributed by atoms with Gasteiger partial charge in [0.05, 0.1) is 18.1 Å². The van der Waals surface area contributed by atoms with Crippen LogP contribution in [-0.4, -0.2) is 32.2 Å².